The summed E-state index contributed by atoms with van der Waals surface area (Å²) in [5, 5.41) is 9.26. The maximum atomic E-state index is 13.5. The first-order chi connectivity index (χ1) is 15.5. The van der Waals surface area contributed by atoms with Gasteiger partial charge in [0.05, 0.1) is 19.6 Å². The molecule has 3 N–H and O–H groups in total. The number of methoxy groups -OCH3 is 1. The van der Waals surface area contributed by atoms with Crippen molar-refractivity contribution in [3.05, 3.63) is 53.8 Å². The summed E-state index contributed by atoms with van der Waals surface area (Å²) in [5.41, 5.74) is 2.09. The molecule has 3 amide bonds. The molecule has 1 aliphatic carbocycles. The van der Waals surface area contributed by atoms with E-state index in [0.717, 1.165) is 31.2 Å². The standard InChI is InChI=1S/C24H29FN4O3/c1-15-19(8-5-9-21(15)32-2)28-24(31)26-14-22-27-20-7-4-3-6-18(20)23(30)29(22)17-12-10-16(25)11-13-17/h5,8-13,18,20,22,27H,3-4,6-7,14H2,1-2H3,(H2,26,28,31). The number of hydrogen-bond donors (Lipinski definition) is 3. The number of carbonyl (C=O) groups excluding carboxylic acids is 2. The molecule has 4 rings (SSSR count). The normalized spacial score (nSPS) is 22.8. The number of hydrogen-bond acceptors (Lipinski definition) is 4. The highest BCUT2D eigenvalue weighted by Gasteiger charge is 2.43. The van der Waals surface area contributed by atoms with Gasteiger partial charge in [0.25, 0.3) is 0 Å². The van der Waals surface area contributed by atoms with Crippen LogP contribution in [0.15, 0.2) is 42.5 Å². The highest BCUT2D eigenvalue weighted by atomic mass is 19.1. The van der Waals surface area contributed by atoms with Crippen molar-refractivity contribution < 1.29 is 18.7 Å². The van der Waals surface area contributed by atoms with E-state index in [4.69, 9.17) is 4.74 Å². The molecule has 170 valence electrons. The van der Waals surface area contributed by atoms with Gasteiger partial charge in [0.2, 0.25) is 5.91 Å². The number of urea groups is 1. The first kappa shape index (κ1) is 22.1. The molecule has 32 heavy (non-hydrogen) atoms. The van der Waals surface area contributed by atoms with Crippen LogP contribution in [0.25, 0.3) is 0 Å². The van der Waals surface area contributed by atoms with Gasteiger partial charge in [-0.2, -0.15) is 0 Å². The van der Waals surface area contributed by atoms with Crippen molar-refractivity contribution in [2.24, 2.45) is 5.92 Å². The molecule has 0 spiro atoms. The van der Waals surface area contributed by atoms with Crippen LogP contribution < -0.4 is 25.6 Å². The van der Waals surface area contributed by atoms with Gasteiger partial charge in [0.15, 0.2) is 0 Å². The molecule has 1 saturated carbocycles. The van der Waals surface area contributed by atoms with Crippen LogP contribution in [0.2, 0.25) is 0 Å². The van der Waals surface area contributed by atoms with E-state index in [1.807, 2.05) is 19.1 Å². The van der Waals surface area contributed by atoms with Crippen LogP contribution in [0.4, 0.5) is 20.6 Å². The summed E-state index contributed by atoms with van der Waals surface area (Å²) in [6, 6.07) is 11.0. The minimum atomic E-state index is -0.426. The van der Waals surface area contributed by atoms with E-state index in [2.05, 4.69) is 16.0 Å². The number of halogens is 1. The maximum absolute atomic E-state index is 13.5. The number of fused-ring (bicyclic) bond motifs is 1. The Balaban J connectivity index is 1.49. The number of carbonyl (C=O) groups is 2. The second-order valence-corrected chi connectivity index (χ2v) is 8.33. The molecule has 8 heteroatoms. The fraction of sp³-hybridized carbons (Fsp3) is 0.417. The van der Waals surface area contributed by atoms with Crippen LogP contribution in [-0.4, -0.2) is 37.8 Å². The number of amides is 3. The number of nitrogens with zero attached hydrogens (tertiary/aromatic N) is 1. The summed E-state index contributed by atoms with van der Waals surface area (Å²) >= 11 is 0. The van der Waals surface area contributed by atoms with E-state index in [1.54, 1.807) is 30.2 Å². The minimum Gasteiger partial charge on any atom is -0.496 e. The number of benzene rings is 2. The lowest BCUT2D eigenvalue weighted by molar-refractivity contribution is -0.127. The third kappa shape index (κ3) is 4.55. The Labute approximate surface area is 187 Å². The SMILES string of the molecule is COc1cccc(NC(=O)NCC2NC3CCCCC3C(=O)N2c2ccc(F)cc2)c1C. The average Bonchev–Trinajstić information content (AvgIpc) is 2.80. The van der Waals surface area contributed by atoms with Crippen molar-refractivity contribution in [2.75, 3.05) is 23.9 Å². The van der Waals surface area contributed by atoms with E-state index >= 15 is 0 Å². The number of nitrogens with one attached hydrogen (secondary N) is 3. The summed E-state index contributed by atoms with van der Waals surface area (Å²) in [6.45, 7) is 2.08. The molecular weight excluding hydrogens is 411 g/mol. The van der Waals surface area contributed by atoms with Crippen molar-refractivity contribution in [3.8, 4) is 5.75 Å². The van der Waals surface area contributed by atoms with E-state index in [0.29, 0.717) is 17.1 Å². The number of ether oxygens (including phenoxy) is 1. The zero-order valence-corrected chi connectivity index (χ0v) is 18.4. The predicted octanol–water partition coefficient (Wildman–Crippen LogP) is 3.79. The summed E-state index contributed by atoms with van der Waals surface area (Å²) in [5.74, 6) is 0.256. The highest BCUT2D eigenvalue weighted by Crippen LogP contribution is 2.33. The van der Waals surface area contributed by atoms with Crippen LogP contribution in [0.5, 0.6) is 5.75 Å². The Hall–Kier alpha value is -3.13. The average molecular weight is 441 g/mol. The van der Waals surface area contributed by atoms with Gasteiger partial charge in [-0.1, -0.05) is 18.9 Å². The molecular formula is C24H29FN4O3. The van der Waals surface area contributed by atoms with Gasteiger partial charge in [0, 0.05) is 23.0 Å². The first-order valence-electron chi connectivity index (χ1n) is 11.0. The first-order valence-corrected chi connectivity index (χ1v) is 11.0. The summed E-state index contributed by atoms with van der Waals surface area (Å²) in [7, 11) is 1.58. The largest absolute Gasteiger partial charge is 0.496 e. The highest BCUT2D eigenvalue weighted by molar-refractivity contribution is 5.97. The number of rotatable bonds is 5. The fourth-order valence-corrected chi connectivity index (χ4v) is 4.67. The lowest BCUT2D eigenvalue weighted by atomic mass is 9.81. The van der Waals surface area contributed by atoms with E-state index < -0.39 is 6.17 Å². The molecule has 1 heterocycles. The van der Waals surface area contributed by atoms with E-state index in [9.17, 15) is 14.0 Å². The van der Waals surface area contributed by atoms with Crippen LogP contribution in [0, 0.1) is 18.7 Å². The lowest BCUT2D eigenvalue weighted by Crippen LogP contribution is -2.66. The molecule has 1 aliphatic heterocycles. The smallest absolute Gasteiger partial charge is 0.319 e. The van der Waals surface area contributed by atoms with E-state index in [-0.39, 0.29) is 36.3 Å². The molecule has 1 saturated heterocycles. The Kier molecular flexibility index (Phi) is 6.60. The monoisotopic (exact) mass is 440 g/mol. The second kappa shape index (κ2) is 9.56. The Morgan fingerprint density at radius 3 is 2.69 bits per heavy atom. The molecule has 3 atom stereocenters. The van der Waals surface area contributed by atoms with Crippen LogP contribution >= 0.6 is 0 Å². The quantitative estimate of drug-likeness (QED) is 0.661. The lowest BCUT2D eigenvalue weighted by Gasteiger charge is -2.46. The molecule has 0 bridgehead atoms. The van der Waals surface area contributed by atoms with Gasteiger partial charge in [-0.3, -0.25) is 15.0 Å². The number of anilines is 2. The summed E-state index contributed by atoms with van der Waals surface area (Å²) in [6.07, 6.45) is 3.44. The van der Waals surface area contributed by atoms with Crippen molar-refractivity contribution in [1.82, 2.24) is 10.6 Å². The zero-order valence-electron chi connectivity index (χ0n) is 18.4. The van der Waals surface area contributed by atoms with Crippen LogP contribution in [0.1, 0.15) is 31.2 Å². The van der Waals surface area contributed by atoms with Crippen molar-refractivity contribution in [1.29, 1.82) is 0 Å². The van der Waals surface area contributed by atoms with Gasteiger partial charge in [0.1, 0.15) is 17.7 Å². The van der Waals surface area contributed by atoms with Crippen LogP contribution in [0.3, 0.4) is 0 Å². The molecule has 0 radical (unpaired) electrons. The second-order valence-electron chi connectivity index (χ2n) is 8.33. The molecule has 2 fully saturated rings. The molecule has 2 aromatic carbocycles. The Bertz CT molecular complexity index is 982. The summed E-state index contributed by atoms with van der Waals surface area (Å²) < 4.78 is 18.8. The fourth-order valence-electron chi connectivity index (χ4n) is 4.67. The zero-order chi connectivity index (χ0) is 22.7. The van der Waals surface area contributed by atoms with Crippen molar-refractivity contribution >= 4 is 23.3 Å². The Morgan fingerprint density at radius 1 is 1.19 bits per heavy atom. The third-order valence-electron chi connectivity index (χ3n) is 6.35. The van der Waals surface area contributed by atoms with Gasteiger partial charge >= 0.3 is 6.03 Å². The van der Waals surface area contributed by atoms with Crippen LogP contribution in [-0.2, 0) is 4.79 Å². The van der Waals surface area contributed by atoms with Gasteiger partial charge in [-0.15, -0.1) is 0 Å². The molecule has 7 nitrogen and oxygen atoms in total. The van der Waals surface area contributed by atoms with Gasteiger partial charge in [-0.05, 0) is 56.2 Å². The Morgan fingerprint density at radius 2 is 1.94 bits per heavy atom. The van der Waals surface area contributed by atoms with E-state index in [1.165, 1.54) is 12.1 Å². The van der Waals surface area contributed by atoms with Gasteiger partial charge in [-0.25, -0.2) is 9.18 Å². The van der Waals surface area contributed by atoms with Gasteiger partial charge < -0.3 is 15.4 Å². The third-order valence-corrected chi connectivity index (χ3v) is 6.35. The van der Waals surface area contributed by atoms with Crippen molar-refractivity contribution in [3.63, 3.8) is 0 Å². The minimum absolute atomic E-state index is 0.0240. The summed E-state index contributed by atoms with van der Waals surface area (Å²) in [4.78, 5) is 27.6. The molecule has 2 aliphatic rings. The van der Waals surface area contributed by atoms with Crippen molar-refractivity contribution in [2.45, 2.75) is 44.8 Å². The topological polar surface area (TPSA) is 82.7 Å². The predicted molar refractivity (Wildman–Crippen MR) is 121 cm³/mol. The molecule has 3 unspecified atom stereocenters. The maximum Gasteiger partial charge on any atom is 0.319 e. The molecule has 0 aromatic heterocycles. The molecule has 2 aromatic rings.